The molecule has 1 aromatic carbocycles. The molecule has 1 N–H and O–H groups in total. The standard InChI is InChI=1S/C13H19F2N/c1-3-7-16-9-10(2)8-11-5-4-6-12(14)13(11)15/h4-6,10,16H,3,7-9H2,1-2H3. The van der Waals surface area contributed by atoms with Crippen molar-refractivity contribution in [1.82, 2.24) is 5.32 Å². The zero-order chi connectivity index (χ0) is 12.0. The number of benzene rings is 1. The molecule has 1 nitrogen and oxygen atoms in total. The van der Waals surface area contributed by atoms with Gasteiger partial charge in [-0.3, -0.25) is 0 Å². The van der Waals surface area contributed by atoms with Crippen LogP contribution >= 0.6 is 0 Å². The van der Waals surface area contributed by atoms with Crippen LogP contribution in [0.2, 0.25) is 0 Å². The Labute approximate surface area is 95.9 Å². The summed E-state index contributed by atoms with van der Waals surface area (Å²) in [4.78, 5) is 0. The highest BCUT2D eigenvalue weighted by atomic mass is 19.2. The molecule has 3 heteroatoms. The Hall–Kier alpha value is -0.960. The molecule has 1 rings (SSSR count). The van der Waals surface area contributed by atoms with Crippen molar-refractivity contribution in [2.45, 2.75) is 26.7 Å². The first-order valence-corrected chi connectivity index (χ1v) is 5.78. The molecule has 0 aliphatic carbocycles. The fourth-order valence-corrected chi connectivity index (χ4v) is 1.68. The zero-order valence-electron chi connectivity index (χ0n) is 9.89. The van der Waals surface area contributed by atoms with Crippen LogP contribution in [0, 0.1) is 17.6 Å². The summed E-state index contributed by atoms with van der Waals surface area (Å²) in [5.74, 6) is -1.15. The van der Waals surface area contributed by atoms with Gasteiger partial charge >= 0.3 is 0 Å². The molecule has 1 atom stereocenters. The third-order valence-electron chi connectivity index (χ3n) is 2.52. The van der Waals surface area contributed by atoms with E-state index in [0.29, 0.717) is 17.9 Å². The largest absolute Gasteiger partial charge is 0.316 e. The van der Waals surface area contributed by atoms with Gasteiger partial charge in [-0.05, 0) is 43.5 Å². The van der Waals surface area contributed by atoms with Crippen LogP contribution in [-0.2, 0) is 6.42 Å². The van der Waals surface area contributed by atoms with Gasteiger partial charge in [0.25, 0.3) is 0 Å². The van der Waals surface area contributed by atoms with Crippen molar-refractivity contribution >= 4 is 0 Å². The molecular weight excluding hydrogens is 208 g/mol. The number of hydrogen-bond acceptors (Lipinski definition) is 1. The molecule has 0 radical (unpaired) electrons. The van der Waals surface area contributed by atoms with Gasteiger partial charge < -0.3 is 5.32 Å². The Kier molecular flexibility index (Phi) is 5.39. The molecule has 0 aliphatic heterocycles. The molecule has 90 valence electrons. The van der Waals surface area contributed by atoms with E-state index in [-0.39, 0.29) is 0 Å². The van der Waals surface area contributed by atoms with Crippen LogP contribution in [0.1, 0.15) is 25.8 Å². The first kappa shape index (κ1) is 13.1. The smallest absolute Gasteiger partial charge is 0.162 e. The average molecular weight is 227 g/mol. The van der Waals surface area contributed by atoms with Crippen molar-refractivity contribution in [3.63, 3.8) is 0 Å². The maximum Gasteiger partial charge on any atom is 0.162 e. The second-order valence-corrected chi connectivity index (χ2v) is 4.23. The summed E-state index contributed by atoms with van der Waals surface area (Å²) < 4.78 is 26.3. The maximum absolute atomic E-state index is 13.4. The van der Waals surface area contributed by atoms with Gasteiger partial charge in [-0.1, -0.05) is 26.0 Å². The van der Waals surface area contributed by atoms with Gasteiger partial charge in [-0.15, -0.1) is 0 Å². The molecule has 0 amide bonds. The normalized spacial score (nSPS) is 12.8. The molecule has 0 heterocycles. The fourth-order valence-electron chi connectivity index (χ4n) is 1.68. The molecule has 16 heavy (non-hydrogen) atoms. The quantitative estimate of drug-likeness (QED) is 0.736. The molecule has 1 unspecified atom stereocenters. The van der Waals surface area contributed by atoms with E-state index in [9.17, 15) is 8.78 Å². The summed E-state index contributed by atoms with van der Waals surface area (Å²) in [7, 11) is 0. The third-order valence-corrected chi connectivity index (χ3v) is 2.52. The van der Waals surface area contributed by atoms with Crippen molar-refractivity contribution in [2.75, 3.05) is 13.1 Å². The fraction of sp³-hybridized carbons (Fsp3) is 0.538. The van der Waals surface area contributed by atoms with Crippen LogP contribution in [0.15, 0.2) is 18.2 Å². The lowest BCUT2D eigenvalue weighted by atomic mass is 10.0. The van der Waals surface area contributed by atoms with Crippen molar-refractivity contribution < 1.29 is 8.78 Å². The van der Waals surface area contributed by atoms with E-state index < -0.39 is 11.6 Å². The number of rotatable bonds is 6. The van der Waals surface area contributed by atoms with E-state index >= 15 is 0 Å². The third kappa shape index (κ3) is 3.89. The second kappa shape index (κ2) is 6.59. The molecule has 0 bridgehead atoms. The zero-order valence-corrected chi connectivity index (χ0v) is 9.89. The lowest BCUT2D eigenvalue weighted by Crippen LogP contribution is -2.23. The van der Waals surface area contributed by atoms with Gasteiger partial charge in [0.1, 0.15) is 0 Å². The van der Waals surface area contributed by atoms with Gasteiger partial charge in [0.05, 0.1) is 0 Å². The molecule has 0 saturated heterocycles. The van der Waals surface area contributed by atoms with E-state index in [4.69, 9.17) is 0 Å². The minimum atomic E-state index is -0.758. The Morgan fingerprint density at radius 1 is 1.31 bits per heavy atom. The Morgan fingerprint density at radius 3 is 2.75 bits per heavy atom. The monoisotopic (exact) mass is 227 g/mol. The van der Waals surface area contributed by atoms with Gasteiger partial charge in [0, 0.05) is 0 Å². The Balaban J connectivity index is 2.49. The van der Waals surface area contributed by atoms with Crippen LogP contribution in [0.25, 0.3) is 0 Å². The summed E-state index contributed by atoms with van der Waals surface area (Å²) in [6.45, 7) is 5.94. The number of nitrogens with one attached hydrogen (secondary N) is 1. The van der Waals surface area contributed by atoms with E-state index in [2.05, 4.69) is 12.2 Å². The van der Waals surface area contributed by atoms with Gasteiger partial charge in [-0.2, -0.15) is 0 Å². The van der Waals surface area contributed by atoms with Gasteiger partial charge in [-0.25, -0.2) is 8.78 Å². The highest BCUT2D eigenvalue weighted by Crippen LogP contribution is 2.15. The van der Waals surface area contributed by atoms with Gasteiger partial charge in [0.2, 0.25) is 0 Å². The molecule has 0 aliphatic rings. The van der Waals surface area contributed by atoms with Crippen LogP contribution in [0.4, 0.5) is 8.78 Å². The predicted octanol–water partition coefficient (Wildman–Crippen LogP) is 3.14. The topological polar surface area (TPSA) is 12.0 Å². The van der Waals surface area contributed by atoms with Gasteiger partial charge in [0.15, 0.2) is 11.6 Å². The van der Waals surface area contributed by atoms with E-state index in [1.165, 1.54) is 0 Å². The lowest BCUT2D eigenvalue weighted by Gasteiger charge is -2.12. The minimum Gasteiger partial charge on any atom is -0.316 e. The molecule has 0 fully saturated rings. The highest BCUT2D eigenvalue weighted by molar-refractivity contribution is 5.19. The molecular formula is C13H19F2N. The number of hydrogen-bond donors (Lipinski definition) is 1. The summed E-state index contributed by atoms with van der Waals surface area (Å²) in [6, 6.07) is 4.35. The predicted molar refractivity (Wildman–Crippen MR) is 62.4 cm³/mol. The first-order valence-electron chi connectivity index (χ1n) is 5.78. The summed E-state index contributed by atoms with van der Waals surface area (Å²) in [6.07, 6.45) is 1.65. The van der Waals surface area contributed by atoms with Crippen molar-refractivity contribution in [2.24, 2.45) is 5.92 Å². The van der Waals surface area contributed by atoms with Crippen molar-refractivity contribution in [1.29, 1.82) is 0 Å². The SMILES string of the molecule is CCCNCC(C)Cc1cccc(F)c1F. The van der Waals surface area contributed by atoms with Crippen LogP contribution in [0.5, 0.6) is 0 Å². The van der Waals surface area contributed by atoms with E-state index in [0.717, 1.165) is 25.6 Å². The Morgan fingerprint density at radius 2 is 2.06 bits per heavy atom. The highest BCUT2D eigenvalue weighted by Gasteiger charge is 2.10. The van der Waals surface area contributed by atoms with Crippen LogP contribution in [-0.4, -0.2) is 13.1 Å². The number of halogens is 2. The summed E-state index contributed by atoms with van der Waals surface area (Å²) >= 11 is 0. The first-order chi connectivity index (χ1) is 7.65. The minimum absolute atomic E-state index is 0.308. The summed E-state index contributed by atoms with van der Waals surface area (Å²) in [5, 5.41) is 3.27. The average Bonchev–Trinajstić information content (AvgIpc) is 2.25. The Bertz CT molecular complexity index is 326. The summed E-state index contributed by atoms with van der Waals surface area (Å²) in [5.41, 5.74) is 0.464. The molecule has 0 spiro atoms. The molecule has 0 saturated carbocycles. The van der Waals surface area contributed by atoms with E-state index in [1.807, 2.05) is 6.92 Å². The van der Waals surface area contributed by atoms with E-state index in [1.54, 1.807) is 12.1 Å². The van der Waals surface area contributed by atoms with Crippen LogP contribution in [0.3, 0.4) is 0 Å². The molecule has 1 aromatic rings. The molecule has 0 aromatic heterocycles. The van der Waals surface area contributed by atoms with Crippen LogP contribution < -0.4 is 5.32 Å². The lowest BCUT2D eigenvalue weighted by molar-refractivity contribution is 0.469. The van der Waals surface area contributed by atoms with Crippen molar-refractivity contribution in [3.8, 4) is 0 Å². The maximum atomic E-state index is 13.4. The second-order valence-electron chi connectivity index (χ2n) is 4.23. The van der Waals surface area contributed by atoms with Crippen molar-refractivity contribution in [3.05, 3.63) is 35.4 Å².